The number of nitrogens with zero attached hydrogens (tertiary/aromatic N) is 4. The zero-order chi connectivity index (χ0) is 14.8. The largest absolute Gasteiger partial charge is 0.346 e. The number of H-pyrrole nitrogens is 1. The van der Waals surface area contributed by atoms with Gasteiger partial charge >= 0.3 is 0 Å². The minimum Gasteiger partial charge on any atom is -0.346 e. The van der Waals surface area contributed by atoms with E-state index in [-0.39, 0.29) is 5.91 Å². The van der Waals surface area contributed by atoms with Gasteiger partial charge in [0.2, 0.25) is 0 Å². The molecular formula is C15H17N5O. The zero-order valence-electron chi connectivity index (χ0n) is 12.1. The van der Waals surface area contributed by atoms with Crippen molar-refractivity contribution < 1.29 is 4.79 Å². The van der Waals surface area contributed by atoms with Crippen molar-refractivity contribution >= 4 is 16.9 Å². The van der Waals surface area contributed by atoms with E-state index in [2.05, 4.69) is 15.0 Å². The quantitative estimate of drug-likeness (QED) is 0.796. The average Bonchev–Trinajstić information content (AvgIpc) is 3.12. The predicted molar refractivity (Wildman–Crippen MR) is 79.7 cm³/mol. The molecule has 6 nitrogen and oxygen atoms in total. The van der Waals surface area contributed by atoms with E-state index in [1.165, 1.54) is 0 Å². The van der Waals surface area contributed by atoms with Crippen LogP contribution in [0.4, 0.5) is 0 Å². The first-order valence-corrected chi connectivity index (χ1v) is 6.87. The van der Waals surface area contributed by atoms with Gasteiger partial charge in [-0.3, -0.25) is 4.79 Å². The lowest BCUT2D eigenvalue weighted by Gasteiger charge is -2.21. The summed E-state index contributed by atoms with van der Waals surface area (Å²) in [7, 11) is 1.93. The number of amides is 1. The lowest BCUT2D eigenvalue weighted by atomic mass is 10.1. The number of pyridine rings is 1. The third-order valence-corrected chi connectivity index (χ3v) is 3.63. The summed E-state index contributed by atoms with van der Waals surface area (Å²) in [5.41, 5.74) is 2.41. The molecule has 108 valence electrons. The summed E-state index contributed by atoms with van der Waals surface area (Å²) in [6.45, 7) is 3.15. The van der Waals surface area contributed by atoms with Crippen molar-refractivity contribution in [3.05, 3.63) is 48.3 Å². The van der Waals surface area contributed by atoms with Crippen LogP contribution in [-0.2, 0) is 13.6 Å². The second-order valence-corrected chi connectivity index (χ2v) is 4.91. The maximum absolute atomic E-state index is 12.8. The third kappa shape index (κ3) is 2.40. The van der Waals surface area contributed by atoms with Gasteiger partial charge in [-0.15, -0.1) is 0 Å². The fraction of sp³-hybridized carbons (Fsp3) is 0.267. The fourth-order valence-corrected chi connectivity index (χ4v) is 2.38. The molecule has 0 radical (unpaired) electrons. The van der Waals surface area contributed by atoms with Crippen LogP contribution < -0.4 is 0 Å². The molecule has 21 heavy (non-hydrogen) atoms. The number of aryl methyl sites for hydroxylation is 1. The molecule has 0 fully saturated rings. The number of nitrogens with one attached hydrogen (secondary N) is 1. The molecule has 0 aliphatic rings. The summed E-state index contributed by atoms with van der Waals surface area (Å²) in [6, 6.07) is 3.65. The molecule has 0 aromatic carbocycles. The van der Waals surface area contributed by atoms with E-state index < -0.39 is 0 Å². The smallest absolute Gasteiger partial charge is 0.255 e. The zero-order valence-corrected chi connectivity index (χ0v) is 12.1. The first-order valence-electron chi connectivity index (χ1n) is 6.87. The average molecular weight is 283 g/mol. The van der Waals surface area contributed by atoms with Crippen LogP contribution in [0, 0.1) is 0 Å². The lowest BCUT2D eigenvalue weighted by Crippen LogP contribution is -2.31. The van der Waals surface area contributed by atoms with Crippen molar-refractivity contribution in [1.29, 1.82) is 0 Å². The number of imidazole rings is 1. The standard InChI is InChI=1S/C15H17N5O/c1-3-20(9-11-8-16-10-19(11)2)15(21)13-5-7-18-14-12(13)4-6-17-14/h4-8,10H,3,9H2,1-2H3,(H,17,18). The van der Waals surface area contributed by atoms with Gasteiger partial charge in [0.25, 0.3) is 5.91 Å². The van der Waals surface area contributed by atoms with Gasteiger partial charge in [-0.2, -0.15) is 0 Å². The van der Waals surface area contributed by atoms with E-state index in [1.54, 1.807) is 35.9 Å². The first-order chi connectivity index (χ1) is 10.2. The monoisotopic (exact) mass is 283 g/mol. The Kier molecular flexibility index (Phi) is 3.43. The van der Waals surface area contributed by atoms with Crippen LogP contribution in [0.15, 0.2) is 37.1 Å². The van der Waals surface area contributed by atoms with Crippen LogP contribution in [0.1, 0.15) is 23.0 Å². The SMILES string of the molecule is CCN(Cc1cncn1C)C(=O)c1ccnc2[nH]ccc12. The van der Waals surface area contributed by atoms with E-state index in [9.17, 15) is 4.79 Å². The molecule has 0 saturated heterocycles. The number of aromatic amines is 1. The Morgan fingerprint density at radius 1 is 1.43 bits per heavy atom. The van der Waals surface area contributed by atoms with Crippen molar-refractivity contribution in [2.45, 2.75) is 13.5 Å². The summed E-state index contributed by atoms with van der Waals surface area (Å²) in [6.07, 6.45) is 6.98. The van der Waals surface area contributed by atoms with Gasteiger partial charge in [0.05, 0.1) is 24.1 Å². The number of hydrogen-bond donors (Lipinski definition) is 1. The molecular weight excluding hydrogens is 266 g/mol. The van der Waals surface area contributed by atoms with Gasteiger partial charge in [0.1, 0.15) is 5.65 Å². The van der Waals surface area contributed by atoms with Gasteiger partial charge in [-0.05, 0) is 19.1 Å². The molecule has 1 N–H and O–H groups in total. The molecule has 3 aromatic rings. The van der Waals surface area contributed by atoms with Gasteiger partial charge in [0.15, 0.2) is 0 Å². The van der Waals surface area contributed by atoms with Crippen LogP contribution in [0.5, 0.6) is 0 Å². The molecule has 0 saturated carbocycles. The molecule has 1 amide bonds. The summed E-state index contributed by atoms with van der Waals surface area (Å²) in [4.78, 5) is 25.9. The van der Waals surface area contributed by atoms with Gasteiger partial charge in [-0.1, -0.05) is 0 Å². The lowest BCUT2D eigenvalue weighted by molar-refractivity contribution is 0.0751. The third-order valence-electron chi connectivity index (χ3n) is 3.63. The summed E-state index contributed by atoms with van der Waals surface area (Å²) < 4.78 is 1.92. The Morgan fingerprint density at radius 2 is 2.29 bits per heavy atom. The highest BCUT2D eigenvalue weighted by molar-refractivity contribution is 6.05. The van der Waals surface area contributed by atoms with Crippen molar-refractivity contribution in [3.8, 4) is 0 Å². The Hall–Kier alpha value is -2.63. The van der Waals surface area contributed by atoms with E-state index >= 15 is 0 Å². The van der Waals surface area contributed by atoms with Crippen molar-refractivity contribution in [3.63, 3.8) is 0 Å². The highest BCUT2D eigenvalue weighted by Crippen LogP contribution is 2.18. The molecule has 0 aliphatic heterocycles. The second kappa shape index (κ2) is 5.40. The number of carbonyl (C=O) groups is 1. The highest BCUT2D eigenvalue weighted by atomic mass is 16.2. The number of hydrogen-bond acceptors (Lipinski definition) is 3. The van der Waals surface area contributed by atoms with E-state index in [4.69, 9.17) is 0 Å². The van der Waals surface area contributed by atoms with Crippen molar-refractivity contribution in [2.24, 2.45) is 7.05 Å². The van der Waals surface area contributed by atoms with Crippen LogP contribution in [0.3, 0.4) is 0 Å². The molecule has 3 rings (SSSR count). The predicted octanol–water partition coefficient (Wildman–Crippen LogP) is 1.96. The normalized spacial score (nSPS) is 11.0. The van der Waals surface area contributed by atoms with Crippen LogP contribution in [-0.4, -0.2) is 36.9 Å². The molecule has 0 aliphatic carbocycles. The van der Waals surface area contributed by atoms with Crippen LogP contribution >= 0.6 is 0 Å². The van der Waals surface area contributed by atoms with Crippen molar-refractivity contribution in [1.82, 2.24) is 24.4 Å². The number of rotatable bonds is 4. The van der Waals surface area contributed by atoms with E-state index in [0.717, 1.165) is 16.7 Å². The molecule has 0 atom stereocenters. The molecule has 0 unspecified atom stereocenters. The molecule has 3 heterocycles. The minimum atomic E-state index is 0.00528. The van der Waals surface area contributed by atoms with E-state index in [1.807, 2.05) is 24.6 Å². The Labute approximate surface area is 122 Å². The fourth-order valence-electron chi connectivity index (χ4n) is 2.38. The van der Waals surface area contributed by atoms with Crippen LogP contribution in [0.2, 0.25) is 0 Å². The van der Waals surface area contributed by atoms with Crippen LogP contribution in [0.25, 0.3) is 11.0 Å². The molecule has 0 spiro atoms. The van der Waals surface area contributed by atoms with Gasteiger partial charge in [0, 0.05) is 37.6 Å². The summed E-state index contributed by atoms with van der Waals surface area (Å²) in [5, 5.41) is 0.853. The minimum absolute atomic E-state index is 0.00528. The first kappa shape index (κ1) is 13.4. The Bertz CT molecular complexity index is 773. The Morgan fingerprint density at radius 3 is 3.00 bits per heavy atom. The maximum atomic E-state index is 12.8. The van der Waals surface area contributed by atoms with Crippen molar-refractivity contribution in [2.75, 3.05) is 6.54 Å². The van der Waals surface area contributed by atoms with Gasteiger partial charge < -0.3 is 14.5 Å². The molecule has 0 bridgehead atoms. The number of fused-ring (bicyclic) bond motifs is 1. The summed E-state index contributed by atoms with van der Waals surface area (Å²) >= 11 is 0. The Balaban J connectivity index is 1.92. The number of aromatic nitrogens is 4. The van der Waals surface area contributed by atoms with E-state index in [0.29, 0.717) is 18.7 Å². The highest BCUT2D eigenvalue weighted by Gasteiger charge is 2.18. The topological polar surface area (TPSA) is 66.8 Å². The number of carbonyl (C=O) groups excluding carboxylic acids is 1. The maximum Gasteiger partial charge on any atom is 0.255 e. The van der Waals surface area contributed by atoms with Gasteiger partial charge in [-0.25, -0.2) is 9.97 Å². The summed E-state index contributed by atoms with van der Waals surface area (Å²) in [5.74, 6) is 0.00528. The molecule has 6 heteroatoms. The second-order valence-electron chi connectivity index (χ2n) is 4.91. The molecule has 3 aromatic heterocycles.